The lowest BCUT2D eigenvalue weighted by Gasteiger charge is -2.35. The maximum atomic E-state index is 6.30. The minimum Gasteiger partial charge on any atom is -0.367 e. The molecule has 1 aromatic rings. The fourth-order valence-corrected chi connectivity index (χ4v) is 4.09. The first-order chi connectivity index (χ1) is 10.2. The van der Waals surface area contributed by atoms with Crippen molar-refractivity contribution in [2.75, 3.05) is 6.61 Å². The number of hydrogen-bond donors (Lipinski definition) is 0. The Balaban J connectivity index is 1.94. The minimum absolute atomic E-state index is 0.300. The molecule has 0 atom stereocenters. The number of ether oxygens (including phenoxy) is 1. The summed E-state index contributed by atoms with van der Waals surface area (Å²) in [5.41, 5.74) is 0.831. The van der Waals surface area contributed by atoms with Crippen molar-refractivity contribution >= 4 is 11.6 Å². The van der Waals surface area contributed by atoms with Gasteiger partial charge in [0.05, 0.1) is 0 Å². The molecule has 0 aromatic carbocycles. The summed E-state index contributed by atoms with van der Waals surface area (Å²) in [5.74, 6) is 1.39. The Labute approximate surface area is 132 Å². The Morgan fingerprint density at radius 2 is 1.86 bits per heavy atom. The summed E-state index contributed by atoms with van der Waals surface area (Å²) >= 11 is 6.30. The Morgan fingerprint density at radius 3 is 2.52 bits per heavy atom. The average Bonchev–Trinajstić information content (AvgIpc) is 3.02. The van der Waals surface area contributed by atoms with Crippen LogP contribution in [0.25, 0.3) is 0 Å². The summed E-state index contributed by atoms with van der Waals surface area (Å²) < 4.78 is 6.15. The van der Waals surface area contributed by atoms with Gasteiger partial charge in [0.2, 0.25) is 0 Å². The summed E-state index contributed by atoms with van der Waals surface area (Å²) in [6, 6.07) is 1.96. The van der Waals surface area contributed by atoms with Gasteiger partial charge in [0.1, 0.15) is 10.8 Å². The summed E-state index contributed by atoms with van der Waals surface area (Å²) in [5, 5.41) is 0.576. The highest BCUT2D eigenvalue weighted by Crippen LogP contribution is 2.41. The second-order valence-corrected chi connectivity index (χ2v) is 6.80. The number of aromatic nitrogens is 2. The molecule has 2 aliphatic rings. The molecule has 1 heterocycles. The van der Waals surface area contributed by atoms with Crippen LogP contribution in [0.4, 0.5) is 0 Å². The quantitative estimate of drug-likeness (QED) is 0.735. The van der Waals surface area contributed by atoms with E-state index in [4.69, 9.17) is 21.3 Å². The van der Waals surface area contributed by atoms with Gasteiger partial charge in [-0.25, -0.2) is 9.97 Å². The van der Waals surface area contributed by atoms with Crippen molar-refractivity contribution in [1.29, 1.82) is 0 Å². The zero-order chi connectivity index (χ0) is 14.7. The minimum atomic E-state index is -0.300. The van der Waals surface area contributed by atoms with Crippen LogP contribution in [-0.2, 0) is 10.3 Å². The Bertz CT molecular complexity index is 474. The number of halogens is 1. The third-order valence-electron chi connectivity index (χ3n) is 4.98. The highest BCUT2D eigenvalue weighted by Gasteiger charge is 2.38. The van der Waals surface area contributed by atoms with Crippen LogP contribution in [0.5, 0.6) is 0 Å². The van der Waals surface area contributed by atoms with Crippen molar-refractivity contribution < 1.29 is 4.74 Å². The van der Waals surface area contributed by atoms with Crippen molar-refractivity contribution in [2.24, 2.45) is 0 Å². The van der Waals surface area contributed by atoms with Gasteiger partial charge < -0.3 is 4.74 Å². The Hall–Kier alpha value is -0.670. The van der Waals surface area contributed by atoms with Crippen molar-refractivity contribution in [2.45, 2.75) is 76.2 Å². The number of nitrogens with zero attached hydrogens (tertiary/aromatic N) is 2. The van der Waals surface area contributed by atoms with E-state index in [0.717, 1.165) is 24.4 Å². The second kappa shape index (κ2) is 6.62. The lowest BCUT2D eigenvalue weighted by molar-refractivity contribution is -0.0768. The van der Waals surface area contributed by atoms with Gasteiger partial charge in [-0.05, 0) is 38.7 Å². The molecule has 2 aliphatic carbocycles. The van der Waals surface area contributed by atoms with E-state index in [9.17, 15) is 0 Å². The van der Waals surface area contributed by atoms with Crippen LogP contribution in [-0.4, -0.2) is 16.6 Å². The SMILES string of the molecule is CCOC1(c2nc(Cl)cc(C3CCCC3)n2)CCCCC1. The standard InChI is InChI=1S/C17H25ClN2O/c1-2-21-17(10-6-3-7-11-17)16-19-14(12-15(18)20-16)13-8-4-5-9-13/h12-13H,2-11H2,1H3. The summed E-state index contributed by atoms with van der Waals surface area (Å²) in [6.45, 7) is 2.76. The van der Waals surface area contributed by atoms with E-state index in [-0.39, 0.29) is 5.60 Å². The highest BCUT2D eigenvalue weighted by atomic mass is 35.5. The molecule has 0 N–H and O–H groups in total. The third-order valence-corrected chi connectivity index (χ3v) is 5.17. The number of hydrogen-bond acceptors (Lipinski definition) is 3. The largest absolute Gasteiger partial charge is 0.367 e. The van der Waals surface area contributed by atoms with Gasteiger partial charge in [-0.1, -0.05) is 43.7 Å². The molecule has 3 nitrogen and oxygen atoms in total. The predicted octanol–water partition coefficient (Wildman–Crippen LogP) is 4.98. The molecule has 0 saturated heterocycles. The summed E-state index contributed by atoms with van der Waals surface area (Å²) in [6.07, 6.45) is 10.8. The molecule has 0 amide bonds. The monoisotopic (exact) mass is 308 g/mol. The fourth-order valence-electron chi connectivity index (χ4n) is 3.90. The van der Waals surface area contributed by atoms with E-state index in [2.05, 4.69) is 11.9 Å². The summed E-state index contributed by atoms with van der Waals surface area (Å²) in [7, 11) is 0. The Kier molecular flexibility index (Phi) is 4.80. The predicted molar refractivity (Wildman–Crippen MR) is 84.6 cm³/mol. The van der Waals surface area contributed by atoms with Crippen LogP contribution in [0, 0.1) is 0 Å². The average molecular weight is 309 g/mol. The van der Waals surface area contributed by atoms with Crippen LogP contribution < -0.4 is 0 Å². The molecule has 4 heteroatoms. The lowest BCUT2D eigenvalue weighted by Crippen LogP contribution is -2.35. The maximum Gasteiger partial charge on any atom is 0.162 e. The number of rotatable bonds is 4. The molecule has 0 radical (unpaired) electrons. The molecule has 0 unspecified atom stereocenters. The zero-order valence-electron chi connectivity index (χ0n) is 12.9. The van der Waals surface area contributed by atoms with Crippen LogP contribution >= 0.6 is 11.6 Å². The first-order valence-electron chi connectivity index (χ1n) is 8.42. The first kappa shape index (κ1) is 15.2. The van der Waals surface area contributed by atoms with Crippen molar-refractivity contribution in [3.63, 3.8) is 0 Å². The van der Waals surface area contributed by atoms with Gasteiger partial charge in [-0.3, -0.25) is 0 Å². The zero-order valence-corrected chi connectivity index (χ0v) is 13.7. The van der Waals surface area contributed by atoms with Crippen LogP contribution in [0.3, 0.4) is 0 Å². The van der Waals surface area contributed by atoms with Gasteiger partial charge in [0.15, 0.2) is 5.82 Å². The smallest absolute Gasteiger partial charge is 0.162 e. The maximum absolute atomic E-state index is 6.30. The van der Waals surface area contributed by atoms with Crippen LogP contribution in [0.1, 0.15) is 82.1 Å². The van der Waals surface area contributed by atoms with Crippen LogP contribution in [0.15, 0.2) is 6.07 Å². The van der Waals surface area contributed by atoms with Gasteiger partial charge in [0, 0.05) is 18.2 Å². The van der Waals surface area contributed by atoms with Gasteiger partial charge >= 0.3 is 0 Å². The summed E-state index contributed by atoms with van der Waals surface area (Å²) in [4.78, 5) is 9.46. The van der Waals surface area contributed by atoms with Gasteiger partial charge in [-0.15, -0.1) is 0 Å². The molecular formula is C17H25ClN2O. The molecule has 0 aliphatic heterocycles. The van der Waals surface area contributed by atoms with E-state index < -0.39 is 0 Å². The first-order valence-corrected chi connectivity index (χ1v) is 8.80. The van der Waals surface area contributed by atoms with E-state index in [1.165, 1.54) is 44.9 Å². The molecule has 2 fully saturated rings. The van der Waals surface area contributed by atoms with Crippen molar-refractivity contribution in [1.82, 2.24) is 9.97 Å². The van der Waals surface area contributed by atoms with Crippen LogP contribution in [0.2, 0.25) is 5.15 Å². The third kappa shape index (κ3) is 3.24. The van der Waals surface area contributed by atoms with Gasteiger partial charge in [0.25, 0.3) is 0 Å². The van der Waals surface area contributed by atoms with E-state index in [1.54, 1.807) is 0 Å². The molecule has 2 saturated carbocycles. The van der Waals surface area contributed by atoms with E-state index >= 15 is 0 Å². The molecule has 0 bridgehead atoms. The molecule has 21 heavy (non-hydrogen) atoms. The topological polar surface area (TPSA) is 35.0 Å². The lowest BCUT2D eigenvalue weighted by atomic mass is 9.83. The van der Waals surface area contributed by atoms with Gasteiger partial charge in [-0.2, -0.15) is 0 Å². The fraction of sp³-hybridized carbons (Fsp3) is 0.765. The molecule has 3 rings (SSSR count). The molecular weight excluding hydrogens is 284 g/mol. The second-order valence-electron chi connectivity index (χ2n) is 6.41. The van der Waals surface area contributed by atoms with E-state index in [0.29, 0.717) is 17.7 Å². The normalized spacial score (nSPS) is 22.6. The molecule has 1 aromatic heterocycles. The van der Waals surface area contributed by atoms with E-state index in [1.807, 2.05) is 6.07 Å². The van der Waals surface area contributed by atoms with Crippen molar-refractivity contribution in [3.05, 3.63) is 22.7 Å². The molecule has 116 valence electrons. The van der Waals surface area contributed by atoms with Crippen molar-refractivity contribution in [3.8, 4) is 0 Å². The Morgan fingerprint density at radius 1 is 1.14 bits per heavy atom. The molecule has 0 spiro atoms. The highest BCUT2D eigenvalue weighted by molar-refractivity contribution is 6.29.